The molecule has 0 saturated carbocycles. The first-order chi connectivity index (χ1) is 20.2. The monoisotopic (exact) mass is 589 g/mol. The Morgan fingerprint density at radius 3 is 2.81 bits per heavy atom. The van der Waals surface area contributed by atoms with Gasteiger partial charge in [-0.1, -0.05) is 23.9 Å². The minimum Gasteiger partial charge on any atom is -0.455 e. The first-order valence-corrected chi connectivity index (χ1v) is 14.2. The Balaban J connectivity index is 1.11. The maximum Gasteiger partial charge on any atom is 0.251 e. The van der Waals surface area contributed by atoms with Gasteiger partial charge in [0.1, 0.15) is 17.5 Å². The standard InChI is InChI=1S/C30H28FN5O5S/c1-17(21-10-19-13-32-9-8-20(19)35-21)34-29(40)22-12-30(31,16-37)15-36(22)27(38)14-33-28(39)18-6-7-26-24(11-18)41-23-4-2-3-5-25(23)42-26/h2-11,13,17,22,35,37H,12,14-16H2,1H3,(H,33,39)(H,34,40)/t17-,22+,30-/m1/s1. The van der Waals surface area contributed by atoms with Gasteiger partial charge in [0.15, 0.2) is 5.67 Å². The van der Waals surface area contributed by atoms with E-state index in [1.54, 1.807) is 37.5 Å². The molecule has 216 valence electrons. The second kappa shape index (κ2) is 11.1. The number of aromatic nitrogens is 2. The van der Waals surface area contributed by atoms with Gasteiger partial charge in [-0.2, -0.15) is 0 Å². The fraction of sp³-hybridized carbons (Fsp3) is 0.267. The van der Waals surface area contributed by atoms with Crippen molar-refractivity contribution in [3.63, 3.8) is 0 Å². The number of rotatable bonds is 7. The summed E-state index contributed by atoms with van der Waals surface area (Å²) in [6.07, 6.45) is 2.99. The summed E-state index contributed by atoms with van der Waals surface area (Å²) in [6.45, 7) is 0.00946. The highest BCUT2D eigenvalue weighted by molar-refractivity contribution is 7.99. The topological polar surface area (TPSA) is 137 Å². The Labute approximate surface area is 244 Å². The Bertz CT molecular complexity index is 1660. The number of carbonyl (C=O) groups excluding carboxylic acids is 3. The van der Waals surface area contributed by atoms with Crippen molar-refractivity contribution < 1.29 is 28.6 Å². The smallest absolute Gasteiger partial charge is 0.251 e. The first kappa shape index (κ1) is 27.7. The fourth-order valence-electron chi connectivity index (χ4n) is 5.19. The van der Waals surface area contributed by atoms with E-state index < -0.39 is 55.2 Å². The van der Waals surface area contributed by atoms with Crippen LogP contribution >= 0.6 is 11.8 Å². The van der Waals surface area contributed by atoms with Gasteiger partial charge >= 0.3 is 0 Å². The summed E-state index contributed by atoms with van der Waals surface area (Å²) >= 11 is 1.53. The average molecular weight is 590 g/mol. The molecule has 2 aromatic carbocycles. The van der Waals surface area contributed by atoms with Gasteiger partial charge in [-0.15, -0.1) is 0 Å². The Morgan fingerprint density at radius 2 is 2.00 bits per heavy atom. The minimum absolute atomic E-state index is 0.287. The van der Waals surface area contributed by atoms with Gasteiger partial charge in [-0.05, 0) is 49.4 Å². The van der Waals surface area contributed by atoms with E-state index in [4.69, 9.17) is 4.74 Å². The van der Waals surface area contributed by atoms with Gasteiger partial charge in [0.25, 0.3) is 5.91 Å². The molecule has 2 aromatic heterocycles. The Hall–Kier alpha value is -4.42. The summed E-state index contributed by atoms with van der Waals surface area (Å²) in [6, 6.07) is 14.6. The molecule has 2 aliphatic heterocycles. The van der Waals surface area contributed by atoms with E-state index in [9.17, 15) is 19.5 Å². The molecule has 0 aliphatic carbocycles. The number of aromatic amines is 1. The van der Waals surface area contributed by atoms with E-state index in [0.717, 1.165) is 31.3 Å². The number of nitrogens with zero attached hydrogens (tertiary/aromatic N) is 2. The van der Waals surface area contributed by atoms with E-state index in [1.807, 2.05) is 36.4 Å². The van der Waals surface area contributed by atoms with Crippen molar-refractivity contribution in [3.05, 3.63) is 78.2 Å². The van der Waals surface area contributed by atoms with Crippen LogP contribution in [0.1, 0.15) is 35.4 Å². The van der Waals surface area contributed by atoms with Gasteiger partial charge in [0.05, 0.1) is 35.5 Å². The highest BCUT2D eigenvalue weighted by atomic mass is 32.2. The molecule has 0 radical (unpaired) electrons. The van der Waals surface area contributed by atoms with Crippen LogP contribution in [0.15, 0.2) is 76.8 Å². The Kier molecular flexibility index (Phi) is 7.33. The number of para-hydroxylation sites is 1. The number of hydrogen-bond acceptors (Lipinski definition) is 7. The number of aliphatic hydroxyl groups excluding tert-OH is 1. The van der Waals surface area contributed by atoms with Crippen molar-refractivity contribution in [2.75, 3.05) is 19.7 Å². The minimum atomic E-state index is -2.14. The molecule has 3 amide bonds. The van der Waals surface area contributed by atoms with Gasteiger partial charge in [-0.3, -0.25) is 19.4 Å². The molecule has 6 rings (SSSR count). The van der Waals surface area contributed by atoms with Gasteiger partial charge in [0, 0.05) is 41.0 Å². The third kappa shape index (κ3) is 5.42. The lowest BCUT2D eigenvalue weighted by atomic mass is 10.0. The van der Waals surface area contributed by atoms with E-state index in [1.165, 1.54) is 11.8 Å². The molecule has 1 fully saturated rings. The van der Waals surface area contributed by atoms with Crippen molar-refractivity contribution in [3.8, 4) is 11.5 Å². The van der Waals surface area contributed by atoms with E-state index >= 15 is 4.39 Å². The molecule has 4 heterocycles. The van der Waals surface area contributed by atoms with Gasteiger partial charge in [-0.25, -0.2) is 4.39 Å². The van der Waals surface area contributed by atoms with Gasteiger partial charge in [0.2, 0.25) is 11.8 Å². The zero-order valence-electron chi connectivity index (χ0n) is 22.6. The third-order valence-corrected chi connectivity index (χ3v) is 8.57. The quantitative estimate of drug-likeness (QED) is 0.227. The summed E-state index contributed by atoms with van der Waals surface area (Å²) in [7, 11) is 0. The highest BCUT2D eigenvalue weighted by Crippen LogP contribution is 2.47. The number of halogens is 1. The van der Waals surface area contributed by atoms with Crippen LogP contribution in [0.25, 0.3) is 10.9 Å². The summed E-state index contributed by atoms with van der Waals surface area (Å²) in [5.41, 5.74) is -0.276. The first-order valence-electron chi connectivity index (χ1n) is 13.4. The van der Waals surface area contributed by atoms with E-state index in [0.29, 0.717) is 11.5 Å². The number of carbonyl (C=O) groups is 3. The van der Waals surface area contributed by atoms with Crippen molar-refractivity contribution >= 4 is 40.4 Å². The number of pyridine rings is 1. The van der Waals surface area contributed by atoms with E-state index in [-0.39, 0.29) is 12.0 Å². The molecule has 2 aliphatic rings. The number of amides is 3. The van der Waals surface area contributed by atoms with Crippen molar-refractivity contribution in [1.82, 2.24) is 25.5 Å². The molecule has 3 atom stereocenters. The molecule has 4 N–H and O–H groups in total. The van der Waals surface area contributed by atoms with Crippen molar-refractivity contribution in [2.45, 2.75) is 40.9 Å². The molecule has 42 heavy (non-hydrogen) atoms. The molecule has 10 nitrogen and oxygen atoms in total. The second-order valence-corrected chi connectivity index (χ2v) is 11.5. The molecule has 12 heteroatoms. The number of alkyl halides is 1. The maximum atomic E-state index is 15.3. The molecular weight excluding hydrogens is 561 g/mol. The van der Waals surface area contributed by atoms with Crippen LogP contribution < -0.4 is 15.4 Å². The second-order valence-electron chi connectivity index (χ2n) is 10.5. The number of nitrogens with one attached hydrogen (secondary N) is 3. The van der Waals surface area contributed by atoms with Crippen LogP contribution in [0, 0.1) is 0 Å². The molecule has 0 unspecified atom stereocenters. The van der Waals surface area contributed by atoms with Crippen LogP contribution in [0.2, 0.25) is 0 Å². The SMILES string of the molecule is C[C@@H](NC(=O)[C@@H]1C[C@](F)(CO)CN1C(=O)CNC(=O)c1ccc2c(c1)Oc1ccccc1S2)c1cc2cnccc2[nH]1. The van der Waals surface area contributed by atoms with Crippen LogP contribution in [0.4, 0.5) is 4.39 Å². The lowest BCUT2D eigenvalue weighted by molar-refractivity contribution is -0.138. The maximum absolute atomic E-state index is 15.3. The molecular formula is C30H28FN5O5S. The average Bonchev–Trinajstić information content (AvgIpc) is 3.60. The molecule has 0 spiro atoms. The number of likely N-dealkylation sites (tertiary alicyclic amines) is 1. The van der Waals surface area contributed by atoms with Crippen molar-refractivity contribution in [2.24, 2.45) is 0 Å². The van der Waals surface area contributed by atoms with Crippen molar-refractivity contribution in [1.29, 1.82) is 0 Å². The predicted molar refractivity (Wildman–Crippen MR) is 153 cm³/mol. The molecule has 1 saturated heterocycles. The zero-order chi connectivity index (χ0) is 29.4. The lowest BCUT2D eigenvalue weighted by Crippen LogP contribution is -2.49. The van der Waals surface area contributed by atoms with E-state index in [2.05, 4.69) is 20.6 Å². The van der Waals surface area contributed by atoms with Crippen LogP contribution in [0.3, 0.4) is 0 Å². The third-order valence-electron chi connectivity index (χ3n) is 7.46. The summed E-state index contributed by atoms with van der Waals surface area (Å²) in [5.74, 6) is -0.500. The lowest BCUT2D eigenvalue weighted by Gasteiger charge is -2.25. The molecule has 0 bridgehead atoms. The predicted octanol–water partition coefficient (Wildman–Crippen LogP) is 3.73. The fourth-order valence-corrected chi connectivity index (χ4v) is 6.12. The number of fused-ring (bicyclic) bond motifs is 3. The number of H-pyrrole nitrogens is 1. The highest BCUT2D eigenvalue weighted by Gasteiger charge is 2.49. The number of ether oxygens (including phenoxy) is 1. The number of aliphatic hydroxyl groups is 1. The summed E-state index contributed by atoms with van der Waals surface area (Å²) in [5, 5.41) is 15.9. The summed E-state index contributed by atoms with van der Waals surface area (Å²) < 4.78 is 21.2. The largest absolute Gasteiger partial charge is 0.455 e. The van der Waals surface area contributed by atoms with Crippen LogP contribution in [0.5, 0.6) is 11.5 Å². The zero-order valence-corrected chi connectivity index (χ0v) is 23.4. The van der Waals surface area contributed by atoms with Crippen LogP contribution in [-0.4, -0.2) is 69.1 Å². The molecule has 4 aromatic rings. The Morgan fingerprint density at radius 1 is 1.19 bits per heavy atom. The number of benzene rings is 2. The van der Waals surface area contributed by atoms with Gasteiger partial charge < -0.3 is 30.4 Å². The number of hydrogen-bond donors (Lipinski definition) is 4. The van der Waals surface area contributed by atoms with Crippen LogP contribution in [-0.2, 0) is 9.59 Å². The summed E-state index contributed by atoms with van der Waals surface area (Å²) in [4.78, 5) is 49.6. The normalized spacial score (nSPS) is 19.9.